The summed E-state index contributed by atoms with van der Waals surface area (Å²) in [5.41, 5.74) is 1.29. The van der Waals surface area contributed by atoms with Gasteiger partial charge in [0, 0.05) is 17.3 Å². The zero-order chi connectivity index (χ0) is 20.4. The highest BCUT2D eigenvalue weighted by molar-refractivity contribution is 9.10. The minimum atomic E-state index is -1.11. The number of aromatic nitrogens is 3. The Morgan fingerprint density at radius 2 is 1.79 bits per heavy atom. The maximum Gasteiger partial charge on any atom is 0.356 e. The normalized spacial score (nSPS) is 12.2. The van der Waals surface area contributed by atoms with E-state index >= 15 is 0 Å². The summed E-state index contributed by atoms with van der Waals surface area (Å²) in [6, 6.07) is 10.1. The number of carboxylic acid groups (broad SMARTS) is 1. The zero-order valence-electron chi connectivity index (χ0n) is 15.0. The summed E-state index contributed by atoms with van der Waals surface area (Å²) in [7, 11) is 0. The first kappa shape index (κ1) is 20.6. The van der Waals surface area contributed by atoms with Crippen LogP contribution in [0.3, 0.4) is 0 Å². The van der Waals surface area contributed by atoms with Gasteiger partial charge in [0.2, 0.25) is 0 Å². The van der Waals surface area contributed by atoms with Gasteiger partial charge in [-0.15, -0.1) is 0 Å². The van der Waals surface area contributed by atoms with Gasteiger partial charge in [0.25, 0.3) is 0 Å². The smallest absolute Gasteiger partial charge is 0.356 e. The quantitative estimate of drug-likeness (QED) is 0.461. The lowest BCUT2D eigenvalue weighted by atomic mass is 10.0. The Labute approximate surface area is 180 Å². The van der Waals surface area contributed by atoms with Crippen molar-refractivity contribution in [3.63, 3.8) is 0 Å². The Bertz CT molecular complexity index is 988. The molecule has 1 atom stereocenters. The second kappa shape index (κ2) is 8.51. The van der Waals surface area contributed by atoms with Crippen molar-refractivity contribution in [3.8, 4) is 0 Å². The van der Waals surface area contributed by atoms with Crippen LogP contribution in [0.1, 0.15) is 47.7 Å². The van der Waals surface area contributed by atoms with Gasteiger partial charge in [-0.2, -0.15) is 0 Å². The lowest BCUT2D eigenvalue weighted by molar-refractivity contribution is 0.0689. The van der Waals surface area contributed by atoms with Gasteiger partial charge in [-0.05, 0) is 59.6 Å². The number of aromatic carboxylic acids is 1. The molecule has 0 fully saturated rings. The number of hydrogen-bond acceptors (Lipinski definition) is 4. The predicted molar refractivity (Wildman–Crippen MR) is 113 cm³/mol. The average Bonchev–Trinajstić information content (AvgIpc) is 2.99. The largest absolute Gasteiger partial charge is 0.476 e. The first-order valence-electron chi connectivity index (χ1n) is 8.42. The van der Waals surface area contributed by atoms with Crippen LogP contribution in [0, 0.1) is 0 Å². The summed E-state index contributed by atoms with van der Waals surface area (Å²) in [5.74, 6) is -0.562. The number of anilines is 1. The Morgan fingerprint density at radius 3 is 2.32 bits per heavy atom. The fourth-order valence-corrected chi connectivity index (χ4v) is 3.93. The van der Waals surface area contributed by atoms with Gasteiger partial charge in [-0.1, -0.05) is 35.3 Å². The van der Waals surface area contributed by atoms with E-state index < -0.39 is 12.0 Å². The summed E-state index contributed by atoms with van der Waals surface area (Å²) in [5, 5.41) is 14.1. The maximum atomic E-state index is 11.9. The molecule has 0 saturated heterocycles. The number of hydrogen-bond donors (Lipinski definition) is 2. The van der Waals surface area contributed by atoms with Crippen molar-refractivity contribution in [2.75, 3.05) is 5.32 Å². The lowest BCUT2D eigenvalue weighted by Gasteiger charge is -2.24. The summed E-state index contributed by atoms with van der Waals surface area (Å²) >= 11 is 15.4. The lowest BCUT2D eigenvalue weighted by Crippen LogP contribution is -2.21. The van der Waals surface area contributed by atoms with E-state index in [9.17, 15) is 9.90 Å². The van der Waals surface area contributed by atoms with Crippen LogP contribution in [0.4, 0.5) is 5.82 Å². The third-order valence-corrected chi connectivity index (χ3v) is 5.16. The summed E-state index contributed by atoms with van der Waals surface area (Å²) < 4.78 is 2.28. The topological polar surface area (TPSA) is 80.0 Å². The summed E-state index contributed by atoms with van der Waals surface area (Å²) in [6.07, 6.45) is 1.52. The molecule has 0 radical (unpaired) electrons. The highest BCUT2D eigenvalue weighted by Crippen LogP contribution is 2.34. The molecule has 3 aromatic rings. The van der Waals surface area contributed by atoms with Gasteiger partial charge in [0.05, 0.1) is 16.8 Å². The number of carboxylic acids is 1. The number of imidazole rings is 1. The number of benzene rings is 1. The van der Waals surface area contributed by atoms with E-state index in [0.717, 1.165) is 5.56 Å². The van der Waals surface area contributed by atoms with E-state index in [0.29, 0.717) is 26.3 Å². The molecule has 6 nitrogen and oxygen atoms in total. The van der Waals surface area contributed by atoms with Gasteiger partial charge < -0.3 is 15.0 Å². The van der Waals surface area contributed by atoms with Crippen LogP contribution in [0.15, 0.2) is 47.3 Å². The first-order valence-corrected chi connectivity index (χ1v) is 9.97. The molecule has 0 aliphatic rings. The second-order valence-corrected chi connectivity index (χ2v) is 7.96. The second-order valence-electron chi connectivity index (χ2n) is 6.37. The van der Waals surface area contributed by atoms with Crippen LogP contribution in [-0.2, 0) is 0 Å². The number of carbonyl (C=O) groups is 1. The average molecular weight is 484 g/mol. The molecule has 0 spiro atoms. The summed E-state index contributed by atoms with van der Waals surface area (Å²) in [6.45, 7) is 3.92. The molecule has 0 aliphatic carbocycles. The fraction of sp³-hybridized carbons (Fsp3) is 0.211. The van der Waals surface area contributed by atoms with Crippen LogP contribution in [-0.4, -0.2) is 25.6 Å². The fourth-order valence-electron chi connectivity index (χ4n) is 2.92. The minimum Gasteiger partial charge on any atom is -0.476 e. The van der Waals surface area contributed by atoms with Gasteiger partial charge in [0.1, 0.15) is 5.82 Å². The highest BCUT2D eigenvalue weighted by Gasteiger charge is 2.30. The molecule has 2 heterocycles. The third-order valence-electron chi connectivity index (χ3n) is 4.12. The van der Waals surface area contributed by atoms with Crippen LogP contribution in [0.5, 0.6) is 0 Å². The van der Waals surface area contributed by atoms with Crippen LogP contribution < -0.4 is 5.32 Å². The molecule has 28 heavy (non-hydrogen) atoms. The molecule has 1 aromatic carbocycles. The van der Waals surface area contributed by atoms with Crippen molar-refractivity contribution in [1.82, 2.24) is 14.5 Å². The zero-order valence-corrected chi connectivity index (χ0v) is 18.1. The maximum absolute atomic E-state index is 11.9. The number of halogens is 3. The Hall–Kier alpha value is -2.09. The molecule has 1 unspecified atom stereocenters. The van der Waals surface area contributed by atoms with E-state index in [1.165, 1.54) is 6.20 Å². The van der Waals surface area contributed by atoms with Crippen molar-refractivity contribution < 1.29 is 9.90 Å². The molecular weight excluding hydrogens is 467 g/mol. The Balaban J connectivity index is 2.20. The minimum absolute atomic E-state index is 0.0280. The van der Waals surface area contributed by atoms with Gasteiger partial charge in [0.15, 0.2) is 10.4 Å². The highest BCUT2D eigenvalue weighted by atomic mass is 79.9. The molecule has 0 saturated carbocycles. The van der Waals surface area contributed by atoms with Crippen molar-refractivity contribution in [1.29, 1.82) is 0 Å². The summed E-state index contributed by atoms with van der Waals surface area (Å²) in [4.78, 5) is 20.4. The number of nitrogens with one attached hydrogen (secondary N) is 1. The van der Waals surface area contributed by atoms with E-state index in [4.69, 9.17) is 23.2 Å². The molecule has 146 valence electrons. The third kappa shape index (κ3) is 4.32. The van der Waals surface area contributed by atoms with Crippen molar-refractivity contribution in [2.24, 2.45) is 0 Å². The molecule has 0 bridgehead atoms. The van der Waals surface area contributed by atoms with Crippen LogP contribution >= 0.6 is 39.1 Å². The van der Waals surface area contributed by atoms with Gasteiger partial charge in [-0.3, -0.25) is 0 Å². The Morgan fingerprint density at radius 1 is 1.14 bits per heavy atom. The van der Waals surface area contributed by atoms with Crippen LogP contribution in [0.2, 0.25) is 10.0 Å². The van der Waals surface area contributed by atoms with Crippen molar-refractivity contribution >= 4 is 50.9 Å². The molecule has 2 N–H and O–H groups in total. The molecule has 0 aliphatic heterocycles. The number of rotatable bonds is 6. The SMILES string of the molecule is CC(C)n1c(Br)nc(C(=O)O)c1C(Nc1ccc(Cl)cn1)c1ccc(Cl)cc1. The van der Waals surface area contributed by atoms with Crippen LogP contribution in [0.25, 0.3) is 0 Å². The van der Waals surface area contributed by atoms with Crippen molar-refractivity contribution in [3.05, 3.63) is 74.3 Å². The number of nitrogens with zero attached hydrogens (tertiary/aromatic N) is 3. The molecule has 3 rings (SSSR count). The number of pyridine rings is 1. The molecule has 2 aromatic heterocycles. The Kier molecular flexibility index (Phi) is 6.27. The van der Waals surface area contributed by atoms with E-state index in [2.05, 4.69) is 31.2 Å². The standard InChI is InChI=1S/C19H17BrCl2N4O2/c1-10(2)26-17(16(18(27)28)25-19(26)20)15(11-3-5-12(21)6-4-11)24-14-8-7-13(22)9-23-14/h3-10,15H,1-2H3,(H,23,24)(H,27,28). The van der Waals surface area contributed by atoms with E-state index in [1.54, 1.807) is 24.3 Å². The molecule has 9 heteroatoms. The van der Waals surface area contributed by atoms with Gasteiger partial charge in [-0.25, -0.2) is 14.8 Å². The molecular formula is C19H17BrCl2N4O2. The van der Waals surface area contributed by atoms with Gasteiger partial charge >= 0.3 is 5.97 Å². The predicted octanol–water partition coefficient (Wildman–Crippen LogP) is 5.83. The van der Waals surface area contributed by atoms with E-state index in [-0.39, 0.29) is 11.7 Å². The first-order chi connectivity index (χ1) is 13.3. The molecule has 0 amide bonds. The monoisotopic (exact) mass is 482 g/mol. The van der Waals surface area contributed by atoms with E-state index in [1.807, 2.05) is 30.5 Å². The van der Waals surface area contributed by atoms with Crippen molar-refractivity contribution in [2.45, 2.75) is 25.9 Å².